The van der Waals surface area contributed by atoms with E-state index in [-0.39, 0.29) is 18.2 Å². The molecule has 1 saturated heterocycles. The molecule has 0 spiro atoms. The molecule has 0 unspecified atom stereocenters. The Labute approximate surface area is 228 Å². The summed E-state index contributed by atoms with van der Waals surface area (Å²) in [6.45, 7) is 6.78. The zero-order chi connectivity index (χ0) is 28.8. The van der Waals surface area contributed by atoms with Gasteiger partial charge >= 0.3 is 11.9 Å². The van der Waals surface area contributed by atoms with E-state index in [1.54, 1.807) is 27.8 Å². The second-order valence-electron chi connectivity index (χ2n) is 11.0. The molecule has 39 heavy (non-hydrogen) atoms. The van der Waals surface area contributed by atoms with Gasteiger partial charge in [0.1, 0.15) is 18.8 Å². The number of imidazole rings is 1. The van der Waals surface area contributed by atoms with Gasteiger partial charge in [-0.05, 0) is 27.7 Å². The van der Waals surface area contributed by atoms with Crippen LogP contribution < -0.4 is 11.1 Å². The van der Waals surface area contributed by atoms with E-state index in [1.807, 2.05) is 0 Å². The highest BCUT2D eigenvalue weighted by molar-refractivity contribution is 5.84. The number of esters is 2. The highest BCUT2D eigenvalue weighted by Gasteiger charge is 2.57. The maximum absolute atomic E-state index is 16.2. The fourth-order valence-electron chi connectivity index (χ4n) is 4.53. The van der Waals surface area contributed by atoms with Crippen LogP contribution in [0.2, 0.25) is 0 Å². The lowest BCUT2D eigenvalue weighted by atomic mass is 9.97. The molecule has 12 nitrogen and oxygen atoms in total. The smallest absolute Gasteiger partial charge is 0.313 e. The first kappa shape index (κ1) is 30.5. The van der Waals surface area contributed by atoms with Gasteiger partial charge in [0.2, 0.25) is 5.95 Å². The first-order valence-corrected chi connectivity index (χ1v) is 13.3. The summed E-state index contributed by atoms with van der Waals surface area (Å²) < 4.78 is 39.2. The van der Waals surface area contributed by atoms with Gasteiger partial charge in [0.15, 0.2) is 35.7 Å². The van der Waals surface area contributed by atoms with Crippen LogP contribution in [0, 0.1) is 5.41 Å². The van der Waals surface area contributed by atoms with Gasteiger partial charge in [-0.25, -0.2) is 9.37 Å². The fourth-order valence-corrected chi connectivity index (χ4v) is 4.53. The van der Waals surface area contributed by atoms with Crippen LogP contribution in [-0.4, -0.2) is 69.8 Å². The Hall–Kier alpha value is -3.06. The summed E-state index contributed by atoms with van der Waals surface area (Å²) in [7, 11) is 1.64. The first-order chi connectivity index (χ1) is 18.4. The monoisotopic (exact) mass is 552 g/mol. The van der Waals surface area contributed by atoms with Crippen molar-refractivity contribution in [2.45, 2.75) is 97.2 Å². The van der Waals surface area contributed by atoms with Crippen LogP contribution in [-0.2, 0) is 28.5 Å². The minimum Gasteiger partial charge on any atom is -0.463 e. The lowest BCUT2D eigenvalue weighted by Crippen LogP contribution is -2.44. The van der Waals surface area contributed by atoms with Crippen LogP contribution in [0.3, 0.4) is 0 Å². The number of anilines is 2. The number of nitrogens with one attached hydrogen (secondary N) is 1. The van der Waals surface area contributed by atoms with Gasteiger partial charge in [0.25, 0.3) is 0 Å². The van der Waals surface area contributed by atoms with Crippen LogP contribution in [0.25, 0.3) is 11.2 Å². The summed E-state index contributed by atoms with van der Waals surface area (Å²) >= 11 is 0. The number of halogens is 1. The van der Waals surface area contributed by atoms with E-state index < -0.39 is 48.3 Å². The molecule has 0 bridgehead atoms. The third kappa shape index (κ3) is 7.53. The van der Waals surface area contributed by atoms with E-state index in [4.69, 9.17) is 24.7 Å². The highest BCUT2D eigenvalue weighted by Crippen LogP contribution is 2.44. The van der Waals surface area contributed by atoms with Gasteiger partial charge in [0.05, 0.1) is 11.7 Å². The van der Waals surface area contributed by atoms with E-state index in [1.165, 1.54) is 63.3 Å². The van der Waals surface area contributed by atoms with Crippen molar-refractivity contribution in [2.24, 2.45) is 5.41 Å². The van der Waals surface area contributed by atoms with Crippen molar-refractivity contribution in [3.05, 3.63) is 6.33 Å². The van der Waals surface area contributed by atoms with Crippen LogP contribution in [0.15, 0.2) is 6.33 Å². The van der Waals surface area contributed by atoms with E-state index in [9.17, 15) is 9.59 Å². The molecule has 0 radical (unpaired) electrons. The number of rotatable bonds is 7. The standard InChI is InChI=1S/C20H29FN6O6.C6H12/c1-10(28)30-7-11-13(31-9-32-17(29)19(2,3)4)20(5,21)16(33-11)27-8-24-12-14(23-6)25-18(22)26-15(12)27;1-2-4-6-5-3-1/h8,11,13,16H,7,9H2,1-6H3,(H3,22,23,25,26);1-6H2/t11-,13-,16-,20-;/m1./s1. The number of nitrogen functional groups attached to an aromatic ring is 1. The average molecular weight is 553 g/mol. The zero-order valence-electron chi connectivity index (χ0n) is 23.7. The van der Waals surface area contributed by atoms with Gasteiger partial charge in [-0.3, -0.25) is 14.2 Å². The number of aromatic nitrogens is 4. The topological polar surface area (TPSA) is 153 Å². The summed E-state index contributed by atoms with van der Waals surface area (Å²) in [6, 6.07) is 0. The van der Waals surface area contributed by atoms with E-state index >= 15 is 4.39 Å². The molecule has 1 aliphatic carbocycles. The van der Waals surface area contributed by atoms with Crippen LogP contribution in [0.5, 0.6) is 0 Å². The Morgan fingerprint density at radius 3 is 2.33 bits per heavy atom. The Kier molecular flexibility index (Phi) is 10.1. The van der Waals surface area contributed by atoms with Gasteiger partial charge in [-0.2, -0.15) is 9.97 Å². The number of ether oxygens (including phenoxy) is 4. The normalized spacial score (nSPS) is 25.1. The number of carbonyl (C=O) groups is 2. The molecule has 1 saturated carbocycles. The molecule has 2 fully saturated rings. The summed E-state index contributed by atoms with van der Waals surface area (Å²) in [5.74, 6) is -0.742. The Bertz CT molecular complexity index is 1120. The number of carbonyl (C=O) groups excluding carboxylic acids is 2. The maximum Gasteiger partial charge on any atom is 0.313 e. The second kappa shape index (κ2) is 12.9. The predicted molar refractivity (Wildman–Crippen MR) is 142 cm³/mol. The Morgan fingerprint density at radius 2 is 1.79 bits per heavy atom. The molecule has 4 atom stereocenters. The molecule has 218 valence electrons. The van der Waals surface area contributed by atoms with E-state index in [0.717, 1.165) is 0 Å². The number of nitrogens with two attached hydrogens (primary N) is 1. The van der Waals surface area contributed by atoms with Crippen molar-refractivity contribution in [1.29, 1.82) is 0 Å². The molecular weight excluding hydrogens is 511 g/mol. The average Bonchev–Trinajstić information content (AvgIpc) is 3.40. The predicted octanol–water partition coefficient (Wildman–Crippen LogP) is 3.91. The van der Waals surface area contributed by atoms with Gasteiger partial charge in [-0.1, -0.05) is 38.5 Å². The molecular formula is C26H41FN6O6. The van der Waals surface area contributed by atoms with Gasteiger partial charge < -0.3 is 30.0 Å². The number of alkyl halides is 1. The fraction of sp³-hybridized carbons (Fsp3) is 0.731. The molecule has 4 rings (SSSR count). The lowest BCUT2D eigenvalue weighted by molar-refractivity contribution is -0.180. The van der Waals surface area contributed by atoms with E-state index in [2.05, 4.69) is 20.3 Å². The molecule has 13 heteroatoms. The van der Waals surface area contributed by atoms with Crippen LogP contribution in [0.4, 0.5) is 16.2 Å². The van der Waals surface area contributed by atoms with Crippen molar-refractivity contribution in [3.63, 3.8) is 0 Å². The number of hydrogen-bond donors (Lipinski definition) is 2. The van der Waals surface area contributed by atoms with Crippen molar-refractivity contribution in [1.82, 2.24) is 19.5 Å². The summed E-state index contributed by atoms with van der Waals surface area (Å²) in [5.41, 5.74) is 3.48. The minimum atomic E-state index is -2.16. The summed E-state index contributed by atoms with van der Waals surface area (Å²) in [5, 5.41) is 2.86. The van der Waals surface area contributed by atoms with E-state index in [0.29, 0.717) is 11.3 Å². The van der Waals surface area contributed by atoms with Crippen molar-refractivity contribution in [2.75, 3.05) is 31.5 Å². The first-order valence-electron chi connectivity index (χ1n) is 13.3. The highest BCUT2D eigenvalue weighted by atomic mass is 19.1. The number of fused-ring (bicyclic) bond motifs is 1. The number of hydrogen-bond acceptors (Lipinski definition) is 11. The molecule has 3 N–H and O–H groups in total. The quantitative estimate of drug-likeness (QED) is 0.380. The zero-order valence-corrected chi connectivity index (χ0v) is 23.7. The molecule has 3 heterocycles. The SMILES string of the molecule is C1CCCCC1.CNc1nc(N)nc2c1ncn2[C@@H]1O[C@H](COC(C)=O)[C@@H](OCOC(=O)C(C)(C)C)[C@@]1(C)F. The summed E-state index contributed by atoms with van der Waals surface area (Å²) in [4.78, 5) is 35.9. The second-order valence-corrected chi connectivity index (χ2v) is 11.0. The number of nitrogens with zero attached hydrogens (tertiary/aromatic N) is 4. The summed E-state index contributed by atoms with van der Waals surface area (Å²) in [6.07, 6.45) is 6.86. The van der Waals surface area contributed by atoms with Crippen molar-refractivity contribution in [3.8, 4) is 0 Å². The minimum absolute atomic E-state index is 0.0366. The molecule has 2 aromatic rings. The Morgan fingerprint density at radius 1 is 1.18 bits per heavy atom. The molecule has 2 aromatic heterocycles. The third-order valence-corrected chi connectivity index (χ3v) is 6.61. The van der Waals surface area contributed by atoms with Crippen LogP contribution in [0.1, 0.15) is 79.4 Å². The van der Waals surface area contributed by atoms with Gasteiger partial charge in [-0.15, -0.1) is 0 Å². The van der Waals surface area contributed by atoms with Crippen LogP contribution >= 0.6 is 0 Å². The largest absolute Gasteiger partial charge is 0.463 e. The molecule has 0 amide bonds. The van der Waals surface area contributed by atoms with Crippen molar-refractivity contribution >= 4 is 34.9 Å². The maximum atomic E-state index is 16.2. The Balaban J connectivity index is 0.000000617. The molecule has 2 aliphatic rings. The van der Waals surface area contributed by atoms with Gasteiger partial charge in [0, 0.05) is 14.0 Å². The molecule has 1 aliphatic heterocycles. The van der Waals surface area contributed by atoms with Crippen molar-refractivity contribution < 1.29 is 32.9 Å². The third-order valence-electron chi connectivity index (χ3n) is 6.61. The lowest BCUT2D eigenvalue weighted by Gasteiger charge is -2.28. The molecule has 0 aromatic carbocycles.